The van der Waals surface area contributed by atoms with Crippen LogP contribution in [-0.4, -0.2) is 21.6 Å². The van der Waals surface area contributed by atoms with Crippen LogP contribution in [0, 0.1) is 11.6 Å². The van der Waals surface area contributed by atoms with E-state index >= 15 is 0 Å². The molecule has 2 N–H and O–H groups in total. The van der Waals surface area contributed by atoms with Gasteiger partial charge in [-0.2, -0.15) is 18.3 Å². The van der Waals surface area contributed by atoms with E-state index in [2.05, 4.69) is 15.7 Å². The Bertz CT molecular complexity index is 1630. The molecule has 0 saturated heterocycles. The molecule has 1 aliphatic rings. The van der Waals surface area contributed by atoms with Crippen molar-refractivity contribution in [2.75, 3.05) is 5.32 Å². The van der Waals surface area contributed by atoms with Crippen LogP contribution in [0.15, 0.2) is 48.7 Å². The molecule has 0 fully saturated rings. The number of benzene rings is 3. The largest absolute Gasteiger partial charge is 0.416 e. The van der Waals surface area contributed by atoms with Gasteiger partial charge in [-0.1, -0.05) is 11.6 Å². The van der Waals surface area contributed by atoms with Gasteiger partial charge in [-0.3, -0.25) is 14.3 Å². The van der Waals surface area contributed by atoms with Gasteiger partial charge in [0.05, 0.1) is 28.9 Å². The lowest BCUT2D eigenvalue weighted by atomic mass is 9.94. The molecular weight excluding hydrogens is 531 g/mol. The van der Waals surface area contributed by atoms with E-state index in [4.69, 9.17) is 11.6 Å². The highest BCUT2D eigenvalue weighted by Gasteiger charge is 2.37. The SMILES string of the molecule is CC(C)n1ncc2c3c(c(NC(=O)c4cc(F)cc(C(F)(F)F)c4)cc21)[C@@H](c1cc(F)ccc1Cl)NC3=O. The van der Waals surface area contributed by atoms with Gasteiger partial charge < -0.3 is 10.6 Å². The minimum atomic E-state index is -4.88. The number of hydrogen-bond acceptors (Lipinski definition) is 3. The number of hydrogen-bond donors (Lipinski definition) is 2. The topological polar surface area (TPSA) is 76.0 Å². The second-order valence-corrected chi connectivity index (χ2v) is 9.49. The number of carbonyl (C=O) groups excluding carboxylic acids is 2. The molecule has 3 aromatic carbocycles. The average molecular weight is 549 g/mol. The Kier molecular flexibility index (Phi) is 6.13. The Morgan fingerprint density at radius 3 is 2.53 bits per heavy atom. The third-order valence-electron chi connectivity index (χ3n) is 6.23. The molecule has 12 heteroatoms. The average Bonchev–Trinajstić information content (AvgIpc) is 3.41. The fourth-order valence-corrected chi connectivity index (χ4v) is 4.81. The van der Waals surface area contributed by atoms with E-state index in [1.54, 1.807) is 4.68 Å². The van der Waals surface area contributed by atoms with Crippen molar-refractivity contribution in [1.29, 1.82) is 0 Å². The first kappa shape index (κ1) is 25.7. The quantitative estimate of drug-likeness (QED) is 0.280. The first-order chi connectivity index (χ1) is 17.8. The van der Waals surface area contributed by atoms with Crippen LogP contribution in [0.25, 0.3) is 10.9 Å². The van der Waals surface area contributed by atoms with Crippen LogP contribution in [0.3, 0.4) is 0 Å². The summed E-state index contributed by atoms with van der Waals surface area (Å²) in [5.74, 6) is -3.45. The summed E-state index contributed by atoms with van der Waals surface area (Å²) < 4.78 is 69.4. The van der Waals surface area contributed by atoms with Crippen molar-refractivity contribution in [3.63, 3.8) is 0 Å². The van der Waals surface area contributed by atoms with Crippen LogP contribution in [0.1, 0.15) is 63.3 Å². The molecule has 0 saturated carbocycles. The van der Waals surface area contributed by atoms with E-state index < -0.39 is 46.8 Å². The Labute approximate surface area is 217 Å². The number of amides is 2. The number of nitrogens with one attached hydrogen (secondary N) is 2. The van der Waals surface area contributed by atoms with E-state index in [0.29, 0.717) is 23.0 Å². The Hall–Kier alpha value is -3.99. The summed E-state index contributed by atoms with van der Waals surface area (Å²) in [6.45, 7) is 3.69. The van der Waals surface area contributed by atoms with Gasteiger partial charge in [0, 0.05) is 38.8 Å². The number of rotatable bonds is 4. The van der Waals surface area contributed by atoms with E-state index in [-0.39, 0.29) is 39.5 Å². The summed E-state index contributed by atoms with van der Waals surface area (Å²) in [5, 5.41) is 10.2. The van der Waals surface area contributed by atoms with Gasteiger partial charge in [-0.15, -0.1) is 0 Å². The minimum absolute atomic E-state index is 0.0430. The fourth-order valence-electron chi connectivity index (χ4n) is 4.59. The lowest BCUT2D eigenvalue weighted by Crippen LogP contribution is -2.21. The maximum atomic E-state index is 14.1. The highest BCUT2D eigenvalue weighted by atomic mass is 35.5. The predicted octanol–water partition coefficient (Wildman–Crippen LogP) is 6.65. The van der Waals surface area contributed by atoms with Crippen molar-refractivity contribution in [1.82, 2.24) is 15.1 Å². The molecule has 0 spiro atoms. The number of anilines is 1. The zero-order chi connectivity index (χ0) is 27.5. The van der Waals surface area contributed by atoms with Crippen LogP contribution in [0.2, 0.25) is 5.02 Å². The number of carbonyl (C=O) groups is 2. The molecule has 5 rings (SSSR count). The molecule has 0 radical (unpaired) electrons. The van der Waals surface area contributed by atoms with Crippen molar-refractivity contribution >= 4 is 40.0 Å². The highest BCUT2D eigenvalue weighted by Crippen LogP contribution is 2.43. The van der Waals surface area contributed by atoms with Crippen LogP contribution >= 0.6 is 11.6 Å². The standard InChI is InChI=1S/C26H18ClF5N4O2/c1-11(2)36-20-9-19(34-24(37)12-5-13(26(30,31)32)7-15(29)6-12)22-21(17(20)10-33-36)25(38)35-23(22)16-8-14(28)3-4-18(16)27/h3-11,23H,1-2H3,(H,34,37)(H,35,38)/t23-/m1/s1. The van der Waals surface area contributed by atoms with Crippen LogP contribution in [0.4, 0.5) is 27.6 Å². The van der Waals surface area contributed by atoms with E-state index in [0.717, 1.165) is 12.1 Å². The van der Waals surface area contributed by atoms with Gasteiger partial charge in [0.2, 0.25) is 0 Å². The van der Waals surface area contributed by atoms with Crippen LogP contribution < -0.4 is 10.6 Å². The van der Waals surface area contributed by atoms with Gasteiger partial charge in [0.25, 0.3) is 11.8 Å². The first-order valence-corrected chi connectivity index (χ1v) is 11.7. The fraction of sp³-hybridized carbons (Fsp3) is 0.192. The second-order valence-electron chi connectivity index (χ2n) is 9.08. The lowest BCUT2D eigenvalue weighted by Gasteiger charge is -2.19. The molecule has 1 aliphatic heterocycles. The molecular formula is C26H18ClF5N4O2. The predicted molar refractivity (Wildman–Crippen MR) is 130 cm³/mol. The number of nitrogens with zero attached hydrogens (tertiary/aromatic N) is 2. The summed E-state index contributed by atoms with van der Waals surface area (Å²) >= 11 is 6.32. The number of aromatic nitrogens is 2. The van der Waals surface area contributed by atoms with Gasteiger partial charge in [0.15, 0.2) is 0 Å². The molecule has 4 aromatic rings. The van der Waals surface area contributed by atoms with E-state index in [1.807, 2.05) is 13.8 Å². The molecule has 2 heterocycles. The van der Waals surface area contributed by atoms with Crippen molar-refractivity contribution in [2.45, 2.75) is 32.1 Å². The molecule has 6 nitrogen and oxygen atoms in total. The second kappa shape index (κ2) is 9.09. The molecule has 0 aliphatic carbocycles. The smallest absolute Gasteiger partial charge is 0.341 e. The van der Waals surface area contributed by atoms with Gasteiger partial charge in [0.1, 0.15) is 11.6 Å². The summed E-state index contributed by atoms with van der Waals surface area (Å²) in [5.41, 5.74) is -0.838. The highest BCUT2D eigenvalue weighted by molar-refractivity contribution is 6.31. The zero-order valence-electron chi connectivity index (χ0n) is 19.8. The molecule has 196 valence electrons. The normalized spacial score (nSPS) is 15.2. The molecule has 1 atom stereocenters. The molecule has 1 aromatic heterocycles. The van der Waals surface area contributed by atoms with Crippen LogP contribution in [-0.2, 0) is 6.18 Å². The monoisotopic (exact) mass is 548 g/mol. The van der Waals surface area contributed by atoms with Gasteiger partial charge in [-0.25, -0.2) is 8.78 Å². The van der Waals surface area contributed by atoms with Crippen molar-refractivity contribution in [3.05, 3.63) is 93.1 Å². The molecule has 0 unspecified atom stereocenters. The first-order valence-electron chi connectivity index (χ1n) is 11.3. The summed E-state index contributed by atoms with van der Waals surface area (Å²) in [4.78, 5) is 26.3. The third kappa shape index (κ3) is 4.36. The lowest BCUT2D eigenvalue weighted by molar-refractivity contribution is -0.137. The Balaban J connectivity index is 1.70. The maximum Gasteiger partial charge on any atom is 0.416 e. The molecule has 0 bridgehead atoms. The van der Waals surface area contributed by atoms with Gasteiger partial charge >= 0.3 is 6.18 Å². The van der Waals surface area contributed by atoms with Gasteiger partial charge in [-0.05, 0) is 56.3 Å². The van der Waals surface area contributed by atoms with E-state index in [1.165, 1.54) is 18.3 Å². The Morgan fingerprint density at radius 2 is 1.84 bits per heavy atom. The summed E-state index contributed by atoms with van der Waals surface area (Å²) in [6.07, 6.45) is -3.40. The molecule has 38 heavy (non-hydrogen) atoms. The number of alkyl halides is 3. The maximum absolute atomic E-state index is 14.1. The number of halogens is 6. The Morgan fingerprint density at radius 1 is 1.11 bits per heavy atom. The summed E-state index contributed by atoms with van der Waals surface area (Å²) in [7, 11) is 0. The van der Waals surface area contributed by atoms with Crippen molar-refractivity contribution < 1.29 is 31.5 Å². The molecule has 2 amide bonds. The van der Waals surface area contributed by atoms with Crippen LogP contribution in [0.5, 0.6) is 0 Å². The third-order valence-corrected chi connectivity index (χ3v) is 6.57. The minimum Gasteiger partial charge on any atom is -0.341 e. The summed E-state index contributed by atoms with van der Waals surface area (Å²) in [6, 6.07) is 5.45. The van der Waals surface area contributed by atoms with E-state index in [9.17, 15) is 31.5 Å². The van der Waals surface area contributed by atoms with Crippen molar-refractivity contribution in [2.24, 2.45) is 0 Å². The van der Waals surface area contributed by atoms with Crippen molar-refractivity contribution in [3.8, 4) is 0 Å². The number of fused-ring (bicyclic) bond motifs is 3. The zero-order valence-corrected chi connectivity index (χ0v) is 20.5.